The number of hydrogen-bond acceptors (Lipinski definition) is 5. The SMILES string of the molecule is CC(CN1CCOCC1)NS(=O)(=O)C1CCNC1. The van der Waals surface area contributed by atoms with Crippen LogP contribution in [-0.4, -0.2) is 70.5 Å². The summed E-state index contributed by atoms with van der Waals surface area (Å²) in [5, 5.41) is 2.81. The van der Waals surface area contributed by atoms with Gasteiger partial charge in [0.1, 0.15) is 0 Å². The van der Waals surface area contributed by atoms with E-state index in [-0.39, 0.29) is 11.3 Å². The van der Waals surface area contributed by atoms with Gasteiger partial charge in [-0.15, -0.1) is 0 Å². The van der Waals surface area contributed by atoms with Crippen molar-refractivity contribution in [2.24, 2.45) is 0 Å². The van der Waals surface area contributed by atoms with Crippen molar-refractivity contribution < 1.29 is 13.2 Å². The smallest absolute Gasteiger partial charge is 0.216 e. The molecule has 2 fully saturated rings. The molecule has 18 heavy (non-hydrogen) atoms. The molecule has 106 valence electrons. The first-order valence-corrected chi connectivity index (χ1v) is 8.14. The van der Waals surface area contributed by atoms with E-state index >= 15 is 0 Å². The van der Waals surface area contributed by atoms with Crippen LogP contribution in [0.25, 0.3) is 0 Å². The number of rotatable bonds is 5. The minimum Gasteiger partial charge on any atom is -0.379 e. The third-order valence-electron chi connectivity index (χ3n) is 3.46. The first kappa shape index (κ1) is 14.2. The Bertz CT molecular complexity index is 349. The molecule has 2 heterocycles. The van der Waals surface area contributed by atoms with Crippen LogP contribution in [0.4, 0.5) is 0 Å². The van der Waals surface area contributed by atoms with E-state index in [9.17, 15) is 8.42 Å². The molecule has 2 aliphatic rings. The Morgan fingerprint density at radius 2 is 2.17 bits per heavy atom. The summed E-state index contributed by atoms with van der Waals surface area (Å²) in [6.45, 7) is 7.30. The van der Waals surface area contributed by atoms with E-state index < -0.39 is 10.0 Å². The highest BCUT2D eigenvalue weighted by Gasteiger charge is 2.30. The molecule has 2 N–H and O–H groups in total. The largest absolute Gasteiger partial charge is 0.379 e. The van der Waals surface area contributed by atoms with Crippen molar-refractivity contribution in [1.29, 1.82) is 0 Å². The van der Waals surface area contributed by atoms with Crippen LogP contribution < -0.4 is 10.0 Å². The van der Waals surface area contributed by atoms with E-state index in [2.05, 4.69) is 14.9 Å². The first-order valence-electron chi connectivity index (χ1n) is 6.60. The highest BCUT2D eigenvalue weighted by atomic mass is 32.2. The maximum atomic E-state index is 12.1. The molecular weight excluding hydrogens is 254 g/mol. The number of morpholine rings is 1. The molecule has 0 aromatic heterocycles. The van der Waals surface area contributed by atoms with Gasteiger partial charge in [-0.1, -0.05) is 0 Å². The second-order valence-electron chi connectivity index (χ2n) is 5.09. The fourth-order valence-corrected chi connectivity index (χ4v) is 4.07. The molecule has 7 heteroatoms. The maximum Gasteiger partial charge on any atom is 0.216 e. The summed E-state index contributed by atoms with van der Waals surface area (Å²) in [6, 6.07) is -0.0475. The number of sulfonamides is 1. The third kappa shape index (κ3) is 3.89. The van der Waals surface area contributed by atoms with Gasteiger partial charge in [-0.05, 0) is 19.9 Å². The minimum atomic E-state index is -3.18. The van der Waals surface area contributed by atoms with Crippen molar-refractivity contribution >= 4 is 10.0 Å². The van der Waals surface area contributed by atoms with Gasteiger partial charge in [0, 0.05) is 32.2 Å². The van der Waals surface area contributed by atoms with Gasteiger partial charge in [-0.25, -0.2) is 13.1 Å². The maximum absolute atomic E-state index is 12.1. The van der Waals surface area contributed by atoms with Crippen LogP contribution in [-0.2, 0) is 14.8 Å². The van der Waals surface area contributed by atoms with Gasteiger partial charge >= 0.3 is 0 Å². The van der Waals surface area contributed by atoms with Crippen molar-refractivity contribution in [2.75, 3.05) is 45.9 Å². The molecule has 0 amide bonds. The van der Waals surface area contributed by atoms with Crippen molar-refractivity contribution in [2.45, 2.75) is 24.6 Å². The summed E-state index contributed by atoms with van der Waals surface area (Å²) >= 11 is 0. The molecule has 6 nitrogen and oxygen atoms in total. The highest BCUT2D eigenvalue weighted by molar-refractivity contribution is 7.90. The second kappa shape index (κ2) is 6.29. The van der Waals surface area contributed by atoms with E-state index in [1.165, 1.54) is 0 Å². The van der Waals surface area contributed by atoms with Crippen LogP contribution in [0.1, 0.15) is 13.3 Å². The molecular formula is C11H23N3O3S. The lowest BCUT2D eigenvalue weighted by Gasteiger charge is -2.29. The lowest BCUT2D eigenvalue weighted by atomic mass is 10.3. The fraction of sp³-hybridized carbons (Fsp3) is 1.00. The minimum absolute atomic E-state index is 0.0475. The van der Waals surface area contributed by atoms with E-state index in [1.54, 1.807) is 0 Å². The van der Waals surface area contributed by atoms with Gasteiger partial charge in [0.15, 0.2) is 0 Å². The van der Waals surface area contributed by atoms with E-state index in [0.717, 1.165) is 39.4 Å². The Morgan fingerprint density at radius 1 is 1.44 bits per heavy atom. The Hall–Kier alpha value is -0.210. The zero-order valence-electron chi connectivity index (χ0n) is 10.9. The molecule has 2 aliphatic heterocycles. The lowest BCUT2D eigenvalue weighted by Crippen LogP contribution is -2.48. The quantitative estimate of drug-likeness (QED) is 0.674. The molecule has 2 rings (SSSR count). The molecule has 0 aromatic rings. The van der Waals surface area contributed by atoms with Gasteiger partial charge in [0.05, 0.1) is 18.5 Å². The van der Waals surface area contributed by atoms with Gasteiger partial charge in [-0.3, -0.25) is 4.90 Å². The summed E-state index contributed by atoms with van der Waals surface area (Å²) in [5.74, 6) is 0. The molecule has 2 atom stereocenters. The zero-order valence-corrected chi connectivity index (χ0v) is 11.7. The van der Waals surface area contributed by atoms with Crippen LogP contribution in [0, 0.1) is 0 Å². The topological polar surface area (TPSA) is 70.7 Å². The summed E-state index contributed by atoms with van der Waals surface area (Å²) in [7, 11) is -3.18. The monoisotopic (exact) mass is 277 g/mol. The number of nitrogens with zero attached hydrogens (tertiary/aromatic N) is 1. The van der Waals surface area contributed by atoms with Crippen LogP contribution in [0.3, 0.4) is 0 Å². The second-order valence-corrected chi connectivity index (χ2v) is 7.08. The predicted octanol–water partition coefficient (Wildman–Crippen LogP) is -1.01. The molecule has 0 saturated carbocycles. The van der Waals surface area contributed by atoms with Gasteiger partial charge < -0.3 is 10.1 Å². The van der Waals surface area contributed by atoms with Gasteiger partial charge in [0.2, 0.25) is 10.0 Å². The Labute approximate surface area is 109 Å². The predicted molar refractivity (Wildman–Crippen MR) is 70.1 cm³/mol. The van der Waals surface area contributed by atoms with Crippen molar-refractivity contribution in [3.8, 4) is 0 Å². The third-order valence-corrected chi connectivity index (χ3v) is 5.47. The summed E-state index contributed by atoms with van der Waals surface area (Å²) in [6.07, 6.45) is 0.708. The van der Waals surface area contributed by atoms with Crippen molar-refractivity contribution in [1.82, 2.24) is 14.9 Å². The Balaban J connectivity index is 1.80. The van der Waals surface area contributed by atoms with Crippen molar-refractivity contribution in [3.05, 3.63) is 0 Å². The summed E-state index contributed by atoms with van der Waals surface area (Å²) < 4.78 is 32.3. The molecule has 0 aromatic carbocycles. The van der Waals surface area contributed by atoms with E-state index in [0.29, 0.717) is 13.0 Å². The van der Waals surface area contributed by atoms with Crippen LogP contribution in [0.15, 0.2) is 0 Å². The summed E-state index contributed by atoms with van der Waals surface area (Å²) in [5.41, 5.74) is 0. The lowest BCUT2D eigenvalue weighted by molar-refractivity contribution is 0.0354. The molecule has 0 aliphatic carbocycles. The zero-order chi connectivity index (χ0) is 13.0. The van der Waals surface area contributed by atoms with Gasteiger partial charge in [-0.2, -0.15) is 0 Å². The Morgan fingerprint density at radius 3 is 2.78 bits per heavy atom. The summed E-state index contributed by atoms with van der Waals surface area (Å²) in [4.78, 5) is 2.24. The van der Waals surface area contributed by atoms with Crippen LogP contribution in [0.5, 0.6) is 0 Å². The van der Waals surface area contributed by atoms with E-state index in [1.807, 2.05) is 6.92 Å². The molecule has 2 saturated heterocycles. The average molecular weight is 277 g/mol. The van der Waals surface area contributed by atoms with E-state index in [4.69, 9.17) is 4.74 Å². The highest BCUT2D eigenvalue weighted by Crippen LogP contribution is 2.09. The first-order chi connectivity index (χ1) is 8.58. The number of ether oxygens (including phenoxy) is 1. The molecule has 0 spiro atoms. The standard InChI is InChI=1S/C11H23N3O3S/c1-10(9-14-4-6-17-7-5-14)13-18(15,16)11-2-3-12-8-11/h10-13H,2-9H2,1H3. The fourth-order valence-electron chi connectivity index (χ4n) is 2.48. The van der Waals surface area contributed by atoms with Crippen LogP contribution >= 0.6 is 0 Å². The van der Waals surface area contributed by atoms with Gasteiger partial charge in [0.25, 0.3) is 0 Å². The van der Waals surface area contributed by atoms with Crippen molar-refractivity contribution in [3.63, 3.8) is 0 Å². The number of nitrogens with one attached hydrogen (secondary N) is 2. The average Bonchev–Trinajstić information content (AvgIpc) is 2.83. The normalized spacial score (nSPS) is 28.4. The molecule has 0 radical (unpaired) electrons. The number of hydrogen-bond donors (Lipinski definition) is 2. The Kier molecular flexibility index (Phi) is 4.97. The molecule has 0 bridgehead atoms. The van der Waals surface area contributed by atoms with Crippen LogP contribution in [0.2, 0.25) is 0 Å². The molecule has 2 unspecified atom stereocenters.